The topological polar surface area (TPSA) is 151 Å². The zero-order valence-corrected chi connectivity index (χ0v) is 20.0. The van der Waals surface area contributed by atoms with Gasteiger partial charge in [-0.15, -0.1) is 0 Å². The van der Waals surface area contributed by atoms with E-state index in [0.717, 1.165) is 31.4 Å². The molecule has 188 valence electrons. The average molecular weight is 474 g/mol. The van der Waals surface area contributed by atoms with Crippen LogP contribution < -0.4 is 22.1 Å². The van der Waals surface area contributed by atoms with Crippen molar-refractivity contribution in [3.8, 4) is 0 Å². The van der Waals surface area contributed by atoms with Crippen LogP contribution in [-0.4, -0.2) is 72.1 Å². The summed E-state index contributed by atoms with van der Waals surface area (Å²) in [6.07, 6.45) is 4.68. The van der Waals surface area contributed by atoms with E-state index in [1.165, 1.54) is 12.8 Å². The Kier molecular flexibility index (Phi) is 9.44. The first-order valence-electron chi connectivity index (χ1n) is 12.3. The molecular weight excluding hydrogens is 434 g/mol. The molecule has 3 rings (SSSR count). The molecule has 1 saturated heterocycles. The number of nitrogens with zero attached hydrogens (tertiary/aromatic N) is 1. The van der Waals surface area contributed by atoms with Crippen LogP contribution in [0.5, 0.6) is 0 Å². The summed E-state index contributed by atoms with van der Waals surface area (Å²) >= 11 is 0. The molecule has 3 amide bonds. The van der Waals surface area contributed by atoms with Gasteiger partial charge in [-0.1, -0.05) is 49.6 Å². The number of fused-ring (bicyclic) bond motifs is 1. The van der Waals surface area contributed by atoms with Gasteiger partial charge in [-0.25, -0.2) is 0 Å². The Bertz CT molecular complexity index is 836. The third kappa shape index (κ3) is 7.01. The van der Waals surface area contributed by atoms with Gasteiger partial charge >= 0.3 is 0 Å². The second kappa shape index (κ2) is 12.3. The van der Waals surface area contributed by atoms with E-state index in [0.29, 0.717) is 18.3 Å². The maximum atomic E-state index is 12.7. The number of hydrogen-bond donors (Lipinski definition) is 5. The van der Waals surface area contributed by atoms with Gasteiger partial charge in [0.25, 0.3) is 0 Å². The number of carbonyl (C=O) groups is 3. The second-order valence-electron chi connectivity index (χ2n) is 9.77. The number of nitrogens with two attached hydrogens (primary N) is 2. The molecule has 2 aliphatic rings. The Morgan fingerprint density at radius 2 is 1.82 bits per heavy atom. The lowest BCUT2D eigenvalue weighted by atomic mass is 9.72. The van der Waals surface area contributed by atoms with Gasteiger partial charge in [0.15, 0.2) is 0 Å². The quantitative estimate of drug-likeness (QED) is 0.320. The van der Waals surface area contributed by atoms with E-state index in [-0.39, 0.29) is 24.9 Å². The van der Waals surface area contributed by atoms with Crippen molar-refractivity contribution < 1.29 is 19.5 Å². The molecule has 0 bridgehead atoms. The van der Waals surface area contributed by atoms with Gasteiger partial charge in [0.2, 0.25) is 17.7 Å². The highest BCUT2D eigenvalue weighted by molar-refractivity contribution is 5.87. The fourth-order valence-electron chi connectivity index (χ4n) is 5.46. The smallest absolute Gasteiger partial charge is 0.237 e. The summed E-state index contributed by atoms with van der Waals surface area (Å²) in [5, 5.41) is 16.9. The number of likely N-dealkylation sites (tertiary alicyclic amines) is 1. The van der Waals surface area contributed by atoms with Gasteiger partial charge < -0.3 is 27.2 Å². The molecule has 1 heterocycles. The van der Waals surface area contributed by atoms with Crippen LogP contribution in [0.2, 0.25) is 0 Å². The molecule has 7 N–H and O–H groups in total. The Labute approximate surface area is 201 Å². The van der Waals surface area contributed by atoms with Crippen LogP contribution in [0.3, 0.4) is 0 Å². The molecule has 0 radical (unpaired) electrons. The van der Waals surface area contributed by atoms with Gasteiger partial charge in [0.05, 0.1) is 30.7 Å². The lowest BCUT2D eigenvalue weighted by Crippen LogP contribution is -2.59. The lowest BCUT2D eigenvalue weighted by Gasteiger charge is -2.46. The zero-order chi connectivity index (χ0) is 24.7. The van der Waals surface area contributed by atoms with Crippen molar-refractivity contribution >= 4 is 17.7 Å². The van der Waals surface area contributed by atoms with Crippen LogP contribution in [0, 0.1) is 11.8 Å². The second-order valence-corrected chi connectivity index (χ2v) is 9.77. The average Bonchev–Trinajstić information content (AvgIpc) is 2.82. The third-order valence-corrected chi connectivity index (χ3v) is 7.32. The number of hydrogen-bond acceptors (Lipinski definition) is 6. The van der Waals surface area contributed by atoms with E-state index in [1.54, 1.807) is 7.05 Å². The number of piperidine rings is 1. The van der Waals surface area contributed by atoms with Crippen LogP contribution in [0.1, 0.15) is 44.1 Å². The molecule has 1 aliphatic heterocycles. The number of carbonyl (C=O) groups excluding carboxylic acids is 3. The number of β-amino-alcohol motifs (C(OH)–C–C–N with tert-alkyl or cyclic N) is 1. The summed E-state index contributed by atoms with van der Waals surface area (Å²) in [4.78, 5) is 38.6. The van der Waals surface area contributed by atoms with Crippen molar-refractivity contribution in [3.63, 3.8) is 0 Å². The molecule has 9 heteroatoms. The monoisotopic (exact) mass is 473 g/mol. The van der Waals surface area contributed by atoms with Crippen LogP contribution in [0.15, 0.2) is 30.3 Å². The molecule has 1 saturated carbocycles. The van der Waals surface area contributed by atoms with E-state index in [2.05, 4.69) is 15.5 Å². The number of amides is 3. The van der Waals surface area contributed by atoms with Gasteiger partial charge in [0, 0.05) is 20.1 Å². The summed E-state index contributed by atoms with van der Waals surface area (Å²) in [6, 6.07) is 7.53. The first-order valence-corrected chi connectivity index (χ1v) is 12.3. The summed E-state index contributed by atoms with van der Waals surface area (Å²) in [5.41, 5.74) is 12.0. The van der Waals surface area contributed by atoms with E-state index >= 15 is 0 Å². The van der Waals surface area contributed by atoms with Crippen molar-refractivity contribution in [1.82, 2.24) is 15.5 Å². The van der Waals surface area contributed by atoms with E-state index in [1.807, 2.05) is 30.3 Å². The number of aliphatic hydroxyl groups is 1. The Balaban J connectivity index is 1.75. The first-order chi connectivity index (χ1) is 16.3. The van der Waals surface area contributed by atoms with Gasteiger partial charge in [-0.3, -0.25) is 19.3 Å². The SMILES string of the molecule is CNC(=O)C1CC2CCCCC2CN1CC(O)C(Cc1ccccc1)NC(=O)C(N)CC(N)=O. The number of likely N-dealkylation sites (N-methyl/N-ethyl adjacent to an activating group) is 1. The molecule has 6 unspecified atom stereocenters. The van der Waals surface area contributed by atoms with Crippen molar-refractivity contribution in [2.75, 3.05) is 20.1 Å². The minimum Gasteiger partial charge on any atom is -0.390 e. The summed E-state index contributed by atoms with van der Waals surface area (Å²) in [5.74, 6) is -0.174. The standard InChI is InChI=1S/C25H39N5O4/c1-28-25(34)21-12-17-9-5-6-10-18(17)14-30(21)15-22(31)20(11-16-7-3-2-4-8-16)29-24(33)19(26)13-23(27)32/h2-4,7-8,17-22,31H,5-6,9-15,26H2,1H3,(H2,27,32)(H,28,34)(H,29,33). The molecule has 1 aromatic rings. The Morgan fingerprint density at radius 3 is 2.47 bits per heavy atom. The highest BCUT2D eigenvalue weighted by Gasteiger charge is 2.41. The Morgan fingerprint density at radius 1 is 1.15 bits per heavy atom. The number of benzene rings is 1. The van der Waals surface area contributed by atoms with Crippen LogP contribution in [-0.2, 0) is 20.8 Å². The van der Waals surface area contributed by atoms with Gasteiger partial charge in [0.1, 0.15) is 0 Å². The predicted octanol–water partition coefficient (Wildman–Crippen LogP) is -0.0958. The minimum absolute atomic E-state index is 0.0386. The van der Waals surface area contributed by atoms with Crippen molar-refractivity contribution in [2.45, 2.75) is 69.2 Å². The van der Waals surface area contributed by atoms with Crippen molar-refractivity contribution in [3.05, 3.63) is 35.9 Å². The highest BCUT2D eigenvalue weighted by Crippen LogP contribution is 2.38. The normalized spacial score (nSPS) is 25.4. The van der Waals surface area contributed by atoms with Crippen molar-refractivity contribution in [1.29, 1.82) is 0 Å². The fraction of sp³-hybridized carbons (Fsp3) is 0.640. The maximum absolute atomic E-state index is 12.7. The highest BCUT2D eigenvalue weighted by atomic mass is 16.3. The van der Waals surface area contributed by atoms with Gasteiger partial charge in [-0.05, 0) is 36.7 Å². The molecule has 0 spiro atoms. The largest absolute Gasteiger partial charge is 0.390 e. The molecule has 9 nitrogen and oxygen atoms in total. The molecule has 0 aromatic heterocycles. The van der Waals surface area contributed by atoms with E-state index < -0.39 is 30.0 Å². The molecule has 6 atom stereocenters. The number of aliphatic hydroxyl groups excluding tert-OH is 1. The molecule has 2 fully saturated rings. The number of nitrogens with one attached hydrogen (secondary N) is 2. The third-order valence-electron chi connectivity index (χ3n) is 7.32. The fourth-order valence-corrected chi connectivity index (χ4v) is 5.46. The molecule has 1 aromatic carbocycles. The molecule has 1 aliphatic carbocycles. The first kappa shape index (κ1) is 26.1. The Hall–Kier alpha value is -2.49. The van der Waals surface area contributed by atoms with Crippen LogP contribution in [0.25, 0.3) is 0 Å². The van der Waals surface area contributed by atoms with Crippen LogP contribution in [0.4, 0.5) is 0 Å². The van der Waals surface area contributed by atoms with Gasteiger partial charge in [-0.2, -0.15) is 0 Å². The number of rotatable bonds is 10. The minimum atomic E-state index is -1.08. The van der Waals surface area contributed by atoms with E-state index in [9.17, 15) is 19.5 Å². The zero-order valence-electron chi connectivity index (χ0n) is 20.0. The lowest BCUT2D eigenvalue weighted by molar-refractivity contribution is -0.131. The molecule has 34 heavy (non-hydrogen) atoms. The van der Waals surface area contributed by atoms with Crippen molar-refractivity contribution in [2.24, 2.45) is 23.3 Å². The number of primary amides is 1. The van der Waals surface area contributed by atoms with Crippen LogP contribution >= 0.6 is 0 Å². The maximum Gasteiger partial charge on any atom is 0.237 e. The molecular formula is C25H39N5O4. The summed E-state index contributed by atoms with van der Waals surface area (Å²) < 4.78 is 0. The summed E-state index contributed by atoms with van der Waals surface area (Å²) in [7, 11) is 1.64. The van der Waals surface area contributed by atoms with E-state index in [4.69, 9.17) is 11.5 Å². The predicted molar refractivity (Wildman–Crippen MR) is 129 cm³/mol. The summed E-state index contributed by atoms with van der Waals surface area (Å²) in [6.45, 7) is 1.01.